The lowest BCUT2D eigenvalue weighted by molar-refractivity contribution is -0.200. The van der Waals surface area contributed by atoms with Gasteiger partial charge in [-0.3, -0.25) is 4.79 Å². The highest BCUT2D eigenvalue weighted by atomic mass is 16.8. The first kappa shape index (κ1) is 15.2. The Kier molecular flexibility index (Phi) is 4.19. The van der Waals surface area contributed by atoms with Crippen molar-refractivity contribution in [3.8, 4) is 0 Å². The van der Waals surface area contributed by atoms with Gasteiger partial charge >= 0.3 is 0 Å². The minimum atomic E-state index is -0.343. The highest BCUT2D eigenvalue weighted by Crippen LogP contribution is 2.30. The van der Waals surface area contributed by atoms with Crippen molar-refractivity contribution in [2.75, 3.05) is 6.61 Å². The van der Waals surface area contributed by atoms with Gasteiger partial charge in [0, 0.05) is 24.0 Å². The molecular formula is C19H19NO4. The third-order valence-electron chi connectivity index (χ3n) is 4.33. The molecule has 0 bridgehead atoms. The third kappa shape index (κ3) is 3.00. The van der Waals surface area contributed by atoms with Crippen molar-refractivity contribution in [1.82, 2.24) is 5.48 Å². The predicted molar refractivity (Wildman–Crippen MR) is 90.2 cm³/mol. The lowest BCUT2D eigenvalue weighted by Gasteiger charge is -2.22. The molecule has 1 fully saturated rings. The average Bonchev–Trinajstić information content (AvgIpc) is 3.04. The summed E-state index contributed by atoms with van der Waals surface area (Å²) < 4.78 is 11.0. The molecule has 3 aromatic rings. The number of hydroxylamine groups is 1. The molecule has 1 saturated heterocycles. The molecule has 4 rings (SSSR count). The molecule has 1 amide bonds. The molecule has 5 heteroatoms. The molecule has 124 valence electrons. The minimum Gasteiger partial charge on any atom is -0.464 e. The SMILES string of the molecule is O=C(Cc1coc2ccc3ccccc3c12)NOC1CCCCO1. The van der Waals surface area contributed by atoms with E-state index in [0.29, 0.717) is 6.61 Å². The maximum atomic E-state index is 12.2. The molecule has 1 N–H and O–H groups in total. The summed E-state index contributed by atoms with van der Waals surface area (Å²) in [6.45, 7) is 0.679. The van der Waals surface area contributed by atoms with Crippen LogP contribution in [0.5, 0.6) is 0 Å². The first-order valence-corrected chi connectivity index (χ1v) is 8.25. The normalized spacial score (nSPS) is 18.1. The van der Waals surface area contributed by atoms with E-state index in [0.717, 1.165) is 46.6 Å². The van der Waals surface area contributed by atoms with E-state index in [2.05, 4.69) is 11.5 Å². The van der Waals surface area contributed by atoms with E-state index in [4.69, 9.17) is 14.0 Å². The van der Waals surface area contributed by atoms with Crippen molar-refractivity contribution < 1.29 is 18.8 Å². The van der Waals surface area contributed by atoms with Gasteiger partial charge in [-0.15, -0.1) is 0 Å². The second-order valence-corrected chi connectivity index (χ2v) is 6.04. The summed E-state index contributed by atoms with van der Waals surface area (Å²) >= 11 is 0. The number of ether oxygens (including phenoxy) is 1. The summed E-state index contributed by atoms with van der Waals surface area (Å²) in [6, 6.07) is 12.0. The van der Waals surface area contributed by atoms with Crippen molar-refractivity contribution in [3.05, 3.63) is 48.2 Å². The van der Waals surface area contributed by atoms with Crippen LogP contribution >= 0.6 is 0 Å². The first-order chi connectivity index (χ1) is 11.8. The maximum absolute atomic E-state index is 12.2. The number of carbonyl (C=O) groups excluding carboxylic acids is 1. The van der Waals surface area contributed by atoms with E-state index >= 15 is 0 Å². The number of hydrogen-bond acceptors (Lipinski definition) is 4. The molecular weight excluding hydrogens is 306 g/mol. The number of furan rings is 1. The zero-order chi connectivity index (χ0) is 16.4. The van der Waals surface area contributed by atoms with E-state index in [9.17, 15) is 4.79 Å². The Labute approximate surface area is 139 Å². The largest absolute Gasteiger partial charge is 0.464 e. The first-order valence-electron chi connectivity index (χ1n) is 8.25. The average molecular weight is 325 g/mol. The Morgan fingerprint density at radius 3 is 3.00 bits per heavy atom. The molecule has 1 aliphatic heterocycles. The van der Waals surface area contributed by atoms with E-state index in [-0.39, 0.29) is 18.6 Å². The van der Waals surface area contributed by atoms with Crippen molar-refractivity contribution >= 4 is 27.6 Å². The molecule has 2 aromatic carbocycles. The van der Waals surface area contributed by atoms with Gasteiger partial charge in [-0.1, -0.05) is 30.3 Å². The zero-order valence-corrected chi connectivity index (χ0v) is 13.3. The molecule has 1 atom stereocenters. The second kappa shape index (κ2) is 6.63. The number of rotatable bonds is 4. The number of hydrogen-bond donors (Lipinski definition) is 1. The topological polar surface area (TPSA) is 60.7 Å². The van der Waals surface area contributed by atoms with E-state index < -0.39 is 0 Å². The van der Waals surface area contributed by atoms with Crippen LogP contribution in [0.25, 0.3) is 21.7 Å². The predicted octanol–water partition coefficient (Wildman–Crippen LogP) is 3.70. The Bertz CT molecular complexity index is 864. The molecule has 0 radical (unpaired) electrons. The van der Waals surface area contributed by atoms with Gasteiger partial charge in [0.05, 0.1) is 12.7 Å². The van der Waals surface area contributed by atoms with Gasteiger partial charge in [0.1, 0.15) is 5.58 Å². The fourth-order valence-electron chi connectivity index (χ4n) is 3.15. The highest BCUT2D eigenvalue weighted by molar-refractivity contribution is 6.08. The quantitative estimate of drug-likeness (QED) is 0.743. The minimum absolute atomic E-state index is 0.202. The van der Waals surface area contributed by atoms with Gasteiger partial charge in [0.25, 0.3) is 0 Å². The number of nitrogens with one attached hydrogen (secondary N) is 1. The summed E-state index contributed by atoms with van der Waals surface area (Å²) in [6.07, 6.45) is 4.41. The van der Waals surface area contributed by atoms with E-state index in [1.165, 1.54) is 0 Å². The summed E-state index contributed by atoms with van der Waals surface area (Å²) in [7, 11) is 0. The molecule has 1 aliphatic rings. The van der Waals surface area contributed by atoms with Crippen LogP contribution in [0.1, 0.15) is 24.8 Å². The van der Waals surface area contributed by atoms with Gasteiger partial charge in [-0.05, 0) is 29.7 Å². The van der Waals surface area contributed by atoms with Crippen LogP contribution in [0.4, 0.5) is 0 Å². The van der Waals surface area contributed by atoms with Crippen LogP contribution < -0.4 is 5.48 Å². The lowest BCUT2D eigenvalue weighted by Crippen LogP contribution is -2.33. The Morgan fingerprint density at radius 2 is 2.12 bits per heavy atom. The van der Waals surface area contributed by atoms with Gasteiger partial charge < -0.3 is 9.15 Å². The number of fused-ring (bicyclic) bond motifs is 3. The maximum Gasteiger partial charge on any atom is 0.248 e. The van der Waals surface area contributed by atoms with Crippen LogP contribution in [-0.2, 0) is 20.8 Å². The van der Waals surface area contributed by atoms with E-state index in [1.807, 2.05) is 30.3 Å². The van der Waals surface area contributed by atoms with Crippen molar-refractivity contribution in [3.63, 3.8) is 0 Å². The summed E-state index contributed by atoms with van der Waals surface area (Å²) in [5.74, 6) is -0.209. The van der Waals surface area contributed by atoms with Gasteiger partial charge in [-0.2, -0.15) is 0 Å². The molecule has 1 aromatic heterocycles. The standard InChI is InChI=1S/C19H19NO4/c21-17(20-24-18-7-3-4-10-22-18)11-14-12-23-16-9-8-13-5-1-2-6-15(13)19(14)16/h1-2,5-6,8-9,12,18H,3-4,7,10-11H2,(H,20,21). The van der Waals surface area contributed by atoms with Gasteiger partial charge in [0.2, 0.25) is 5.91 Å². The molecule has 0 spiro atoms. The van der Waals surface area contributed by atoms with Crippen LogP contribution in [0.3, 0.4) is 0 Å². The summed E-state index contributed by atoms with van der Waals surface area (Å²) in [5.41, 5.74) is 4.14. The van der Waals surface area contributed by atoms with Crippen molar-refractivity contribution in [2.45, 2.75) is 32.0 Å². The van der Waals surface area contributed by atoms with Crippen LogP contribution in [0.2, 0.25) is 0 Å². The summed E-state index contributed by atoms with van der Waals surface area (Å²) in [5, 5.41) is 3.19. The smallest absolute Gasteiger partial charge is 0.248 e. The molecule has 2 heterocycles. The summed E-state index contributed by atoms with van der Waals surface area (Å²) in [4.78, 5) is 17.5. The Hall–Kier alpha value is -2.37. The number of carbonyl (C=O) groups is 1. The second-order valence-electron chi connectivity index (χ2n) is 6.04. The molecule has 1 unspecified atom stereocenters. The number of amides is 1. The molecule has 5 nitrogen and oxygen atoms in total. The fraction of sp³-hybridized carbons (Fsp3) is 0.316. The zero-order valence-electron chi connectivity index (χ0n) is 13.3. The van der Waals surface area contributed by atoms with Crippen LogP contribution in [0, 0.1) is 0 Å². The number of benzene rings is 2. The lowest BCUT2D eigenvalue weighted by atomic mass is 10.0. The molecule has 0 aliphatic carbocycles. The van der Waals surface area contributed by atoms with Crippen molar-refractivity contribution in [1.29, 1.82) is 0 Å². The molecule has 0 saturated carbocycles. The van der Waals surface area contributed by atoms with E-state index in [1.54, 1.807) is 6.26 Å². The molecule has 24 heavy (non-hydrogen) atoms. The van der Waals surface area contributed by atoms with Gasteiger partial charge in [-0.25, -0.2) is 10.3 Å². The van der Waals surface area contributed by atoms with Crippen LogP contribution in [0.15, 0.2) is 47.1 Å². The van der Waals surface area contributed by atoms with Gasteiger partial charge in [0.15, 0.2) is 6.29 Å². The monoisotopic (exact) mass is 325 g/mol. The third-order valence-corrected chi connectivity index (χ3v) is 4.33. The van der Waals surface area contributed by atoms with Crippen LogP contribution in [-0.4, -0.2) is 18.8 Å². The Morgan fingerprint density at radius 1 is 1.21 bits per heavy atom. The Balaban J connectivity index is 1.51. The van der Waals surface area contributed by atoms with Crippen molar-refractivity contribution in [2.24, 2.45) is 0 Å². The fourth-order valence-corrected chi connectivity index (χ4v) is 3.15. The highest BCUT2D eigenvalue weighted by Gasteiger charge is 2.17.